The van der Waals surface area contributed by atoms with Gasteiger partial charge in [-0.05, 0) is 108 Å². The summed E-state index contributed by atoms with van der Waals surface area (Å²) in [4.78, 5) is 50.0. The first-order valence-electron chi connectivity index (χ1n) is 20.8. The third kappa shape index (κ3) is 8.07. The van der Waals surface area contributed by atoms with Gasteiger partial charge in [0.2, 0.25) is 21.8 Å². The van der Waals surface area contributed by atoms with Gasteiger partial charge in [0.15, 0.2) is 0 Å². The van der Waals surface area contributed by atoms with Crippen LogP contribution in [0.25, 0.3) is 22.2 Å². The number of anilines is 1. The van der Waals surface area contributed by atoms with Crippen LogP contribution >= 0.6 is 0 Å². The molecule has 4 aliphatic rings. The largest absolute Gasteiger partial charge is 0.459 e. The molecule has 0 spiro atoms. The number of para-hydroxylation sites is 2. The van der Waals surface area contributed by atoms with Crippen molar-refractivity contribution in [2.75, 3.05) is 11.9 Å². The molecule has 3 aromatic carbocycles. The summed E-state index contributed by atoms with van der Waals surface area (Å²) in [5.41, 5.74) is 2.91. The van der Waals surface area contributed by atoms with Gasteiger partial charge >= 0.3 is 0 Å². The minimum atomic E-state index is -3.98. The average molecular weight is 825 g/mol. The Bertz CT molecular complexity index is 2390. The number of amides is 3. The van der Waals surface area contributed by atoms with Crippen molar-refractivity contribution in [1.82, 2.24) is 24.5 Å². The van der Waals surface area contributed by atoms with E-state index in [1.54, 1.807) is 11.8 Å². The van der Waals surface area contributed by atoms with E-state index < -0.39 is 56.2 Å². The molecular formula is C45H53FN6O6S. The highest BCUT2D eigenvalue weighted by Crippen LogP contribution is 2.47. The molecule has 12 nitrogen and oxygen atoms in total. The molecule has 0 radical (unpaired) electrons. The van der Waals surface area contributed by atoms with E-state index in [9.17, 15) is 27.2 Å². The molecule has 2 saturated carbocycles. The minimum Gasteiger partial charge on any atom is -0.459 e. The molecule has 0 bridgehead atoms. The Morgan fingerprint density at radius 1 is 1.03 bits per heavy atom. The number of halogens is 1. The van der Waals surface area contributed by atoms with Crippen LogP contribution in [-0.4, -0.2) is 75.6 Å². The first-order valence-corrected chi connectivity index (χ1v) is 22.3. The molecule has 1 aromatic heterocycles. The number of sulfonamides is 1. The molecule has 0 unspecified atom stereocenters. The normalized spacial score (nSPS) is 26.2. The second kappa shape index (κ2) is 15.7. The summed E-state index contributed by atoms with van der Waals surface area (Å²) in [7, 11) is -3.98. The zero-order chi connectivity index (χ0) is 41.7. The standard InChI is InChI=1S/C45H53FN6O6S/c1-28(2)52-37-19-13-17-35(30-22-29(3)23-32(46)24-30)39(37)48-43(52)58-34-25-38-40(53)49-45(42(55)50-59(56,57)44(4)20-21-44)26-31(45)14-9-6-5-7-12-18-36(41(54)51(38)27-34)47-33-15-10-8-11-16-33/h8-11,13-17,19,22-24,28,31,34,36,38,47H,5-7,12,18,20-21,25-27H2,1-4H3,(H,49,53)(H,50,55)/b14-9-/t31-,34-,36+,38+,45-/m1/s1. The number of aryl methyl sites for hydroxylation is 1. The number of carbonyl (C=O) groups is 3. The van der Waals surface area contributed by atoms with E-state index in [-0.39, 0.29) is 37.2 Å². The lowest BCUT2D eigenvalue weighted by atomic mass is 10.0. The molecule has 312 valence electrons. The van der Waals surface area contributed by atoms with E-state index in [2.05, 4.69) is 15.4 Å². The number of allylic oxidation sites excluding steroid dienone is 1. The van der Waals surface area contributed by atoms with E-state index >= 15 is 0 Å². The Kier molecular flexibility index (Phi) is 10.8. The van der Waals surface area contributed by atoms with Gasteiger partial charge in [0, 0.05) is 29.6 Å². The van der Waals surface area contributed by atoms with Crippen LogP contribution in [0, 0.1) is 18.7 Å². The lowest BCUT2D eigenvalue weighted by Gasteiger charge is -2.30. The molecule has 14 heteroatoms. The topological polar surface area (TPSA) is 152 Å². The van der Waals surface area contributed by atoms with Crippen molar-refractivity contribution in [3.63, 3.8) is 0 Å². The lowest BCUT2D eigenvalue weighted by molar-refractivity contribution is -0.140. The third-order valence-corrected chi connectivity index (χ3v) is 14.6. The number of nitrogens with zero attached hydrogens (tertiary/aromatic N) is 3. The van der Waals surface area contributed by atoms with Crippen LogP contribution in [0.4, 0.5) is 10.1 Å². The summed E-state index contributed by atoms with van der Waals surface area (Å²) in [6, 6.07) is 18.6. The van der Waals surface area contributed by atoms with Crippen LogP contribution in [-0.2, 0) is 24.4 Å². The summed E-state index contributed by atoms with van der Waals surface area (Å²) in [5, 5.41) is 6.39. The first-order chi connectivity index (χ1) is 28.2. The lowest BCUT2D eigenvalue weighted by Crippen LogP contribution is -2.58. The molecule has 2 aliphatic heterocycles. The maximum Gasteiger partial charge on any atom is 0.297 e. The molecular weight excluding hydrogens is 772 g/mol. The van der Waals surface area contributed by atoms with Crippen molar-refractivity contribution in [3.8, 4) is 17.1 Å². The molecule has 4 aromatic rings. The van der Waals surface area contributed by atoms with Crippen molar-refractivity contribution in [3.05, 3.63) is 90.3 Å². The summed E-state index contributed by atoms with van der Waals surface area (Å²) in [6.45, 7) is 7.54. The second-order valence-electron chi connectivity index (χ2n) is 17.3. The van der Waals surface area contributed by atoms with Crippen LogP contribution in [0.15, 0.2) is 78.9 Å². The summed E-state index contributed by atoms with van der Waals surface area (Å²) < 4.78 is 51.1. The molecule has 2 aliphatic carbocycles. The summed E-state index contributed by atoms with van der Waals surface area (Å²) in [5.74, 6) is -2.35. The molecule has 3 amide bonds. The molecule has 59 heavy (non-hydrogen) atoms. The van der Waals surface area contributed by atoms with Crippen LogP contribution in [0.5, 0.6) is 6.01 Å². The van der Waals surface area contributed by atoms with Crippen LogP contribution in [0.3, 0.4) is 0 Å². The maximum atomic E-state index is 14.8. The van der Waals surface area contributed by atoms with Gasteiger partial charge in [-0.2, -0.15) is 4.98 Å². The van der Waals surface area contributed by atoms with Crippen molar-refractivity contribution in [2.45, 2.75) is 120 Å². The Hall–Kier alpha value is -5.24. The third-order valence-electron chi connectivity index (χ3n) is 12.4. The fraction of sp³-hybridized carbons (Fsp3) is 0.467. The Morgan fingerprint density at radius 2 is 1.81 bits per heavy atom. The van der Waals surface area contributed by atoms with Gasteiger partial charge in [-0.1, -0.05) is 61.4 Å². The molecule has 3 N–H and O–H groups in total. The van der Waals surface area contributed by atoms with Crippen molar-refractivity contribution in [2.24, 2.45) is 5.92 Å². The van der Waals surface area contributed by atoms with Gasteiger partial charge in [0.25, 0.3) is 11.9 Å². The number of rotatable bonds is 9. The number of ether oxygens (including phenoxy) is 1. The number of aromatic nitrogens is 2. The van der Waals surface area contributed by atoms with Gasteiger partial charge in [0.1, 0.15) is 35.1 Å². The highest BCUT2D eigenvalue weighted by Gasteiger charge is 2.63. The van der Waals surface area contributed by atoms with Crippen LogP contribution < -0.4 is 20.1 Å². The highest BCUT2D eigenvalue weighted by molar-refractivity contribution is 7.91. The SMILES string of the molecule is Cc1cc(F)cc(-c2cccc3c2nc(O[C@@H]2C[C@H]4C(=O)N[C@]5(C(=O)NS(=O)(=O)C6(C)CC6)C[C@H]5/C=C\CCCCC[C@H](Nc5ccccc5)C(=O)N4C2)n3C(C)C)c1. The number of fused-ring (bicyclic) bond motifs is 3. The molecule has 5 atom stereocenters. The van der Waals surface area contributed by atoms with E-state index in [0.29, 0.717) is 36.4 Å². The predicted octanol–water partition coefficient (Wildman–Crippen LogP) is 6.95. The molecule has 8 rings (SSSR count). The van der Waals surface area contributed by atoms with Crippen molar-refractivity contribution >= 4 is 44.5 Å². The van der Waals surface area contributed by atoms with E-state index in [0.717, 1.165) is 48.0 Å². The average Bonchev–Trinajstić information content (AvgIpc) is 4.01. The Balaban J connectivity index is 1.14. The fourth-order valence-electron chi connectivity index (χ4n) is 8.63. The Morgan fingerprint density at radius 3 is 2.54 bits per heavy atom. The van der Waals surface area contributed by atoms with Crippen LogP contribution in [0.2, 0.25) is 0 Å². The van der Waals surface area contributed by atoms with Crippen molar-refractivity contribution < 1.29 is 31.9 Å². The Labute approximate surface area is 345 Å². The smallest absolute Gasteiger partial charge is 0.297 e. The van der Waals surface area contributed by atoms with E-state index in [4.69, 9.17) is 9.72 Å². The van der Waals surface area contributed by atoms with Gasteiger partial charge in [-0.3, -0.25) is 23.7 Å². The summed E-state index contributed by atoms with van der Waals surface area (Å²) >= 11 is 0. The minimum absolute atomic E-state index is 0.0659. The number of nitrogens with one attached hydrogen (secondary N) is 3. The van der Waals surface area contributed by atoms with Gasteiger partial charge in [-0.25, -0.2) is 12.8 Å². The summed E-state index contributed by atoms with van der Waals surface area (Å²) in [6.07, 6.45) is 8.26. The van der Waals surface area contributed by atoms with Gasteiger partial charge in [0.05, 0.1) is 16.8 Å². The van der Waals surface area contributed by atoms with Crippen LogP contribution in [0.1, 0.15) is 90.2 Å². The number of benzene rings is 3. The predicted molar refractivity (Wildman–Crippen MR) is 225 cm³/mol. The molecule has 3 heterocycles. The number of hydrogen-bond donors (Lipinski definition) is 3. The monoisotopic (exact) mass is 824 g/mol. The first kappa shape index (κ1) is 40.5. The number of hydrogen-bond acceptors (Lipinski definition) is 8. The fourth-order valence-corrected chi connectivity index (χ4v) is 9.95. The number of imidazole rings is 1. The second-order valence-corrected chi connectivity index (χ2v) is 19.5. The zero-order valence-electron chi connectivity index (χ0n) is 34.0. The number of carbonyl (C=O) groups excluding carboxylic acids is 3. The van der Waals surface area contributed by atoms with E-state index in [1.165, 1.54) is 12.1 Å². The van der Waals surface area contributed by atoms with Gasteiger partial charge in [-0.15, -0.1) is 0 Å². The zero-order valence-corrected chi connectivity index (χ0v) is 34.9. The maximum absolute atomic E-state index is 14.8. The highest BCUT2D eigenvalue weighted by atomic mass is 32.2. The molecule has 1 saturated heterocycles. The quantitative estimate of drug-likeness (QED) is 0.154. The van der Waals surface area contributed by atoms with Crippen molar-refractivity contribution in [1.29, 1.82) is 0 Å². The molecule has 3 fully saturated rings. The van der Waals surface area contributed by atoms with E-state index in [1.807, 2.05) is 92.1 Å². The van der Waals surface area contributed by atoms with Gasteiger partial charge < -0.3 is 20.3 Å².